The van der Waals surface area contributed by atoms with Crippen LogP contribution in [0.1, 0.15) is 13.8 Å². The van der Waals surface area contributed by atoms with Crippen LogP contribution in [0.5, 0.6) is 11.5 Å². The van der Waals surface area contributed by atoms with Gasteiger partial charge in [-0.2, -0.15) is 10.0 Å². The van der Waals surface area contributed by atoms with E-state index in [1.807, 2.05) is 48.5 Å². The van der Waals surface area contributed by atoms with Crippen LogP contribution < -0.4 is 25.8 Å². The Bertz CT molecular complexity index is 665. The lowest BCUT2D eigenvalue weighted by molar-refractivity contribution is -0.0387. The van der Waals surface area contributed by atoms with Crippen LogP contribution in [0.25, 0.3) is 0 Å². The number of benzene rings is 2. The fraction of sp³-hybridized carbons (Fsp3) is 0.400. The number of anilines is 2. The van der Waals surface area contributed by atoms with Crippen LogP contribution in [0.3, 0.4) is 0 Å². The van der Waals surface area contributed by atoms with Crippen molar-refractivity contribution in [1.82, 2.24) is 20.5 Å². The average Bonchev–Trinajstić information content (AvgIpc) is 2.68. The molecule has 0 aliphatic carbocycles. The van der Waals surface area contributed by atoms with E-state index in [0.29, 0.717) is 12.7 Å². The lowest BCUT2D eigenvalue weighted by Gasteiger charge is -2.43. The zero-order chi connectivity index (χ0) is 19.9. The summed E-state index contributed by atoms with van der Waals surface area (Å²) in [5, 5.41) is 6.44. The molecule has 28 heavy (non-hydrogen) atoms. The van der Waals surface area contributed by atoms with Gasteiger partial charge in [0, 0.05) is 17.4 Å². The molecule has 0 bridgehead atoms. The van der Waals surface area contributed by atoms with Gasteiger partial charge in [-0.05, 0) is 62.4 Å². The van der Waals surface area contributed by atoms with Gasteiger partial charge in [-0.3, -0.25) is 5.43 Å². The lowest BCUT2D eigenvalue weighted by Crippen LogP contribution is -2.62. The summed E-state index contributed by atoms with van der Waals surface area (Å²) >= 11 is 0. The predicted molar refractivity (Wildman–Crippen MR) is 112 cm³/mol. The second-order valence-corrected chi connectivity index (χ2v) is 7.01. The topological polar surface area (TPSA) is 64.3 Å². The summed E-state index contributed by atoms with van der Waals surface area (Å²) < 4.78 is 10.5. The molecular weight excluding hydrogens is 356 g/mol. The van der Waals surface area contributed by atoms with Gasteiger partial charge in [-0.1, -0.05) is 0 Å². The maximum atomic E-state index is 5.23. The molecule has 1 fully saturated rings. The van der Waals surface area contributed by atoms with Crippen LogP contribution in [0.15, 0.2) is 48.5 Å². The Labute approximate surface area is 166 Å². The number of methoxy groups -OCH3 is 2. The zero-order valence-electron chi connectivity index (χ0n) is 17.0. The summed E-state index contributed by atoms with van der Waals surface area (Å²) in [7, 11) is 3.34. The highest BCUT2D eigenvalue weighted by Gasteiger charge is 2.24. The highest BCUT2D eigenvalue weighted by Crippen LogP contribution is 2.19. The van der Waals surface area contributed by atoms with Crippen molar-refractivity contribution in [1.29, 1.82) is 0 Å². The lowest BCUT2D eigenvalue weighted by atomic mass is 10.3. The number of hydrogen-bond acceptors (Lipinski definition) is 8. The molecule has 0 amide bonds. The first-order chi connectivity index (χ1) is 13.6. The van der Waals surface area contributed by atoms with Crippen LogP contribution >= 0.6 is 0 Å². The molecule has 1 aliphatic rings. The third-order valence-electron chi connectivity index (χ3n) is 4.22. The molecule has 152 valence electrons. The summed E-state index contributed by atoms with van der Waals surface area (Å²) in [6.45, 7) is 6.46. The van der Waals surface area contributed by atoms with Crippen LogP contribution in [-0.2, 0) is 0 Å². The van der Waals surface area contributed by atoms with Crippen molar-refractivity contribution in [3.05, 3.63) is 48.5 Å². The monoisotopic (exact) mass is 386 g/mol. The first-order valence-corrected chi connectivity index (χ1v) is 9.38. The van der Waals surface area contributed by atoms with Crippen LogP contribution in [0.4, 0.5) is 11.4 Å². The summed E-state index contributed by atoms with van der Waals surface area (Å²) in [5.41, 5.74) is 12.4. The third kappa shape index (κ3) is 5.74. The molecule has 1 heterocycles. The fourth-order valence-corrected chi connectivity index (χ4v) is 3.04. The van der Waals surface area contributed by atoms with Crippen LogP contribution in [0.2, 0.25) is 0 Å². The largest absolute Gasteiger partial charge is 0.497 e. The first-order valence-electron chi connectivity index (χ1n) is 9.38. The molecule has 8 heteroatoms. The smallest absolute Gasteiger partial charge is 0.119 e. The maximum Gasteiger partial charge on any atom is 0.119 e. The number of rotatable bonds is 8. The second-order valence-electron chi connectivity index (χ2n) is 7.01. The van der Waals surface area contributed by atoms with Crippen molar-refractivity contribution in [2.75, 3.05) is 45.1 Å². The number of hydrazine groups is 3. The van der Waals surface area contributed by atoms with Crippen molar-refractivity contribution < 1.29 is 9.47 Å². The quantitative estimate of drug-likeness (QED) is 0.640. The van der Waals surface area contributed by atoms with Gasteiger partial charge in [0.1, 0.15) is 11.5 Å². The van der Waals surface area contributed by atoms with Crippen molar-refractivity contribution in [3.63, 3.8) is 0 Å². The average molecular weight is 387 g/mol. The van der Waals surface area contributed by atoms with Crippen molar-refractivity contribution in [2.24, 2.45) is 0 Å². The minimum absolute atomic E-state index is 0.351. The minimum atomic E-state index is 0.351. The molecular formula is C20H30N6O2. The predicted octanol–water partition coefficient (Wildman–Crippen LogP) is 2.76. The zero-order valence-corrected chi connectivity index (χ0v) is 17.0. The number of nitrogens with one attached hydrogen (secondary N) is 3. The van der Waals surface area contributed by atoms with E-state index >= 15 is 0 Å². The molecule has 0 saturated carbocycles. The third-order valence-corrected chi connectivity index (χ3v) is 4.22. The number of hydrogen-bond donors (Lipinski definition) is 3. The summed E-state index contributed by atoms with van der Waals surface area (Å²) in [6, 6.07) is 16.2. The molecule has 2 aromatic carbocycles. The Morgan fingerprint density at radius 1 is 0.679 bits per heavy atom. The molecule has 0 atom stereocenters. The molecule has 0 aromatic heterocycles. The van der Waals surface area contributed by atoms with Crippen molar-refractivity contribution in [2.45, 2.75) is 19.9 Å². The van der Waals surface area contributed by atoms with E-state index in [-0.39, 0.29) is 0 Å². The fourth-order valence-electron chi connectivity index (χ4n) is 3.04. The summed E-state index contributed by atoms with van der Waals surface area (Å²) in [6.07, 6.45) is 0. The summed E-state index contributed by atoms with van der Waals surface area (Å²) in [4.78, 5) is 0. The van der Waals surface area contributed by atoms with Gasteiger partial charge in [0.15, 0.2) is 0 Å². The van der Waals surface area contributed by atoms with Gasteiger partial charge in [0.25, 0.3) is 0 Å². The highest BCUT2D eigenvalue weighted by atomic mass is 16.5. The first kappa shape index (κ1) is 20.2. The van der Waals surface area contributed by atoms with E-state index in [1.165, 1.54) is 0 Å². The minimum Gasteiger partial charge on any atom is -0.497 e. The maximum absolute atomic E-state index is 5.23. The van der Waals surface area contributed by atoms with Gasteiger partial charge >= 0.3 is 0 Å². The summed E-state index contributed by atoms with van der Waals surface area (Å²) in [5.74, 6) is 1.69. The van der Waals surface area contributed by atoms with Crippen molar-refractivity contribution >= 4 is 11.4 Å². The molecule has 3 N–H and O–H groups in total. The van der Waals surface area contributed by atoms with Gasteiger partial charge in [0.05, 0.1) is 34.2 Å². The van der Waals surface area contributed by atoms with Gasteiger partial charge in [-0.25, -0.2) is 5.01 Å². The van der Waals surface area contributed by atoms with Gasteiger partial charge < -0.3 is 20.3 Å². The number of ether oxygens (including phenoxy) is 2. The van der Waals surface area contributed by atoms with E-state index in [4.69, 9.17) is 9.47 Å². The molecule has 0 radical (unpaired) electrons. The van der Waals surface area contributed by atoms with Crippen LogP contribution in [-0.4, -0.2) is 55.3 Å². The normalized spacial score (nSPS) is 16.2. The standard InChI is InChI=1S/C20H30N6O2/c1-16(2)21-24-13-25(22-17-5-9-19(27-3)10-6-17)15-26(14-24)23-18-7-11-20(28-4)12-8-18/h5-12,16,21-23H,13-15H2,1-4H3. The Hall–Kier alpha value is -2.52. The Balaban J connectivity index is 1.66. The molecule has 3 rings (SSSR count). The Morgan fingerprint density at radius 3 is 1.43 bits per heavy atom. The Morgan fingerprint density at radius 2 is 1.07 bits per heavy atom. The Kier molecular flexibility index (Phi) is 6.94. The van der Waals surface area contributed by atoms with E-state index in [1.54, 1.807) is 14.2 Å². The van der Waals surface area contributed by atoms with Crippen molar-refractivity contribution in [3.8, 4) is 11.5 Å². The van der Waals surface area contributed by atoms with Gasteiger partial charge in [0.2, 0.25) is 0 Å². The SMILES string of the molecule is COc1ccc(NN2CN(Nc3ccc(OC)cc3)CN(NC(C)C)C2)cc1. The molecule has 1 aliphatic heterocycles. The molecule has 2 aromatic rings. The molecule has 0 unspecified atom stereocenters. The highest BCUT2D eigenvalue weighted by molar-refractivity contribution is 5.46. The van der Waals surface area contributed by atoms with E-state index in [2.05, 4.69) is 45.2 Å². The van der Waals surface area contributed by atoms with Crippen LogP contribution in [0, 0.1) is 0 Å². The molecule has 8 nitrogen and oxygen atoms in total. The van der Waals surface area contributed by atoms with E-state index in [9.17, 15) is 0 Å². The van der Waals surface area contributed by atoms with E-state index < -0.39 is 0 Å². The second kappa shape index (κ2) is 9.61. The number of nitrogens with zero attached hydrogens (tertiary/aromatic N) is 3. The molecule has 1 saturated heterocycles. The molecule has 0 spiro atoms. The van der Waals surface area contributed by atoms with Gasteiger partial charge in [-0.15, -0.1) is 0 Å². The van der Waals surface area contributed by atoms with E-state index in [0.717, 1.165) is 36.2 Å².